The van der Waals surface area contributed by atoms with Gasteiger partial charge in [0.15, 0.2) is 0 Å². The van der Waals surface area contributed by atoms with Crippen LogP contribution in [0.1, 0.15) is 5.56 Å². The van der Waals surface area contributed by atoms with E-state index in [2.05, 4.69) is 5.01 Å². The molecule has 2 heterocycles. The van der Waals surface area contributed by atoms with Crippen molar-refractivity contribution in [2.45, 2.75) is 0 Å². The molecule has 0 fully saturated rings. The molecule has 1 aromatic rings. The molecule has 3 rings (SSSR count). The topological polar surface area (TPSA) is 30.3 Å². The van der Waals surface area contributed by atoms with Gasteiger partial charge >= 0.3 is 0 Å². The van der Waals surface area contributed by atoms with Crippen molar-refractivity contribution in [1.29, 1.82) is 5.41 Å². The van der Waals surface area contributed by atoms with Crippen LogP contribution in [0.4, 0.5) is 5.69 Å². The molecule has 0 unspecified atom stereocenters. The van der Waals surface area contributed by atoms with E-state index in [4.69, 9.17) is 5.41 Å². The Morgan fingerprint density at radius 2 is 1.87 bits per heavy atom. The molecule has 2 aliphatic rings. The lowest BCUT2D eigenvalue weighted by molar-refractivity contribution is 0.419. The van der Waals surface area contributed by atoms with Crippen LogP contribution < -0.4 is 5.01 Å². The summed E-state index contributed by atoms with van der Waals surface area (Å²) < 4.78 is 0. The molecule has 0 radical (unpaired) electrons. The zero-order chi connectivity index (χ0) is 10.3. The van der Waals surface area contributed by atoms with E-state index in [1.807, 2.05) is 53.8 Å². The number of benzene rings is 1. The fraction of sp³-hybridized carbons (Fsp3) is 0.0833. The van der Waals surface area contributed by atoms with Crippen LogP contribution in [0.25, 0.3) is 0 Å². The van der Waals surface area contributed by atoms with Gasteiger partial charge in [-0.2, -0.15) is 0 Å². The maximum atomic E-state index is 7.97. The minimum Gasteiger partial charge on any atom is -0.303 e. The summed E-state index contributed by atoms with van der Waals surface area (Å²) in [7, 11) is 0. The van der Waals surface area contributed by atoms with Crippen LogP contribution in [0.15, 0.2) is 48.8 Å². The summed E-state index contributed by atoms with van der Waals surface area (Å²) in [5, 5.41) is 12.1. The van der Waals surface area contributed by atoms with Crippen molar-refractivity contribution >= 4 is 11.4 Å². The molecule has 3 nitrogen and oxygen atoms in total. The van der Waals surface area contributed by atoms with Crippen molar-refractivity contribution in [2.75, 3.05) is 11.6 Å². The number of nitrogens with zero attached hydrogens (tertiary/aromatic N) is 2. The molecule has 0 amide bonds. The molecule has 0 bridgehead atoms. The number of hydrogen-bond donors (Lipinski definition) is 1. The highest BCUT2D eigenvalue weighted by Crippen LogP contribution is 2.28. The van der Waals surface area contributed by atoms with Crippen molar-refractivity contribution in [3.8, 4) is 0 Å². The van der Waals surface area contributed by atoms with Gasteiger partial charge in [-0.25, -0.2) is 0 Å². The lowest BCUT2D eigenvalue weighted by atomic mass is 10.0. The van der Waals surface area contributed by atoms with Gasteiger partial charge in [0.25, 0.3) is 0 Å². The second-order valence-electron chi connectivity index (χ2n) is 3.62. The fourth-order valence-electron chi connectivity index (χ4n) is 1.96. The van der Waals surface area contributed by atoms with Gasteiger partial charge in [0.05, 0.1) is 17.9 Å². The van der Waals surface area contributed by atoms with Gasteiger partial charge in [-0.05, 0) is 18.2 Å². The minimum absolute atomic E-state index is 0.637. The predicted octanol–water partition coefficient (Wildman–Crippen LogP) is 2.13. The van der Waals surface area contributed by atoms with Crippen molar-refractivity contribution in [1.82, 2.24) is 5.01 Å². The van der Waals surface area contributed by atoms with Gasteiger partial charge in [-0.1, -0.05) is 18.2 Å². The molecular formula is C12H11N3. The number of fused-ring (bicyclic) bond motifs is 3. The first-order valence-electron chi connectivity index (χ1n) is 4.94. The van der Waals surface area contributed by atoms with E-state index in [1.165, 1.54) is 0 Å². The molecular weight excluding hydrogens is 186 g/mol. The average molecular weight is 197 g/mol. The number of hydrogen-bond acceptors (Lipinski definition) is 3. The smallest absolute Gasteiger partial charge is 0.0815 e. The third-order valence-electron chi connectivity index (χ3n) is 2.67. The lowest BCUT2D eigenvalue weighted by Crippen LogP contribution is -2.44. The van der Waals surface area contributed by atoms with E-state index in [-0.39, 0.29) is 0 Å². The largest absolute Gasteiger partial charge is 0.303 e. The summed E-state index contributed by atoms with van der Waals surface area (Å²) in [4.78, 5) is 0. The number of para-hydroxylation sites is 1. The maximum absolute atomic E-state index is 7.97. The van der Waals surface area contributed by atoms with Gasteiger partial charge in [0.2, 0.25) is 0 Å². The van der Waals surface area contributed by atoms with Crippen LogP contribution in [0.2, 0.25) is 0 Å². The molecule has 0 aliphatic carbocycles. The Morgan fingerprint density at radius 1 is 1.07 bits per heavy atom. The summed E-state index contributed by atoms with van der Waals surface area (Å²) in [5.41, 5.74) is 2.77. The van der Waals surface area contributed by atoms with Crippen LogP contribution in [0.5, 0.6) is 0 Å². The van der Waals surface area contributed by atoms with Crippen LogP contribution in [-0.2, 0) is 0 Å². The molecule has 1 N–H and O–H groups in total. The summed E-state index contributed by atoms with van der Waals surface area (Å²) in [6, 6.07) is 8.02. The number of anilines is 1. The van der Waals surface area contributed by atoms with Crippen LogP contribution in [0.3, 0.4) is 0 Å². The second-order valence-corrected chi connectivity index (χ2v) is 3.62. The Bertz CT molecular complexity index is 474. The van der Waals surface area contributed by atoms with E-state index in [9.17, 15) is 0 Å². The molecule has 0 spiro atoms. The maximum Gasteiger partial charge on any atom is 0.0815 e. The predicted molar refractivity (Wildman–Crippen MR) is 60.7 cm³/mol. The van der Waals surface area contributed by atoms with E-state index in [1.54, 1.807) is 0 Å². The molecule has 2 aliphatic heterocycles. The second kappa shape index (κ2) is 2.98. The molecule has 0 saturated carbocycles. The first-order valence-corrected chi connectivity index (χ1v) is 4.94. The van der Waals surface area contributed by atoms with Crippen molar-refractivity contribution in [2.24, 2.45) is 0 Å². The Kier molecular flexibility index (Phi) is 1.65. The Labute approximate surface area is 88.4 Å². The standard InChI is InChI=1S/C12H11N3/c13-11-9-14-7-3-4-8-15(14)12-6-2-1-5-10(11)12/h1-8,13H,9H2. The minimum atomic E-state index is 0.637. The van der Waals surface area contributed by atoms with Crippen molar-refractivity contribution < 1.29 is 0 Å². The first-order chi connectivity index (χ1) is 7.36. The van der Waals surface area contributed by atoms with E-state index in [0.29, 0.717) is 12.3 Å². The lowest BCUT2D eigenvalue weighted by Gasteiger charge is -2.39. The van der Waals surface area contributed by atoms with Crippen molar-refractivity contribution in [3.05, 3.63) is 54.4 Å². The van der Waals surface area contributed by atoms with E-state index >= 15 is 0 Å². The highest BCUT2D eigenvalue weighted by molar-refractivity contribution is 6.06. The quantitative estimate of drug-likeness (QED) is 0.690. The normalized spacial score (nSPS) is 17.7. The molecule has 15 heavy (non-hydrogen) atoms. The third-order valence-corrected chi connectivity index (χ3v) is 2.67. The van der Waals surface area contributed by atoms with Gasteiger partial charge in [0, 0.05) is 18.0 Å². The van der Waals surface area contributed by atoms with Crippen molar-refractivity contribution in [3.63, 3.8) is 0 Å². The average Bonchev–Trinajstić information content (AvgIpc) is 2.30. The van der Waals surface area contributed by atoms with Gasteiger partial charge in [-0.3, -0.25) is 10.0 Å². The SMILES string of the molecule is N=C1CN2C=CC=CN2c2ccccc21. The van der Waals surface area contributed by atoms with E-state index in [0.717, 1.165) is 11.3 Å². The Balaban J connectivity index is 2.16. The monoisotopic (exact) mass is 197 g/mol. The highest BCUT2D eigenvalue weighted by Gasteiger charge is 2.24. The molecule has 1 aromatic carbocycles. The fourth-order valence-corrected chi connectivity index (χ4v) is 1.96. The van der Waals surface area contributed by atoms with Crippen LogP contribution in [-0.4, -0.2) is 17.3 Å². The summed E-state index contributed by atoms with van der Waals surface area (Å²) in [5.74, 6) is 0. The molecule has 3 heteroatoms. The van der Waals surface area contributed by atoms with Gasteiger partial charge < -0.3 is 5.41 Å². The van der Waals surface area contributed by atoms with Gasteiger partial charge in [0.1, 0.15) is 0 Å². The Hall–Kier alpha value is -2.03. The number of rotatable bonds is 0. The summed E-state index contributed by atoms with van der Waals surface area (Å²) in [6.45, 7) is 0.637. The third kappa shape index (κ3) is 1.16. The molecule has 0 saturated heterocycles. The van der Waals surface area contributed by atoms with Gasteiger partial charge in [-0.15, -0.1) is 0 Å². The summed E-state index contributed by atoms with van der Waals surface area (Å²) in [6.07, 6.45) is 8.00. The first kappa shape index (κ1) is 8.29. The summed E-state index contributed by atoms with van der Waals surface area (Å²) >= 11 is 0. The molecule has 0 atom stereocenters. The molecule has 0 aromatic heterocycles. The number of nitrogens with one attached hydrogen (secondary N) is 1. The van der Waals surface area contributed by atoms with Crippen LogP contribution >= 0.6 is 0 Å². The zero-order valence-electron chi connectivity index (χ0n) is 8.22. The molecule has 74 valence electrons. The zero-order valence-corrected chi connectivity index (χ0v) is 8.22. The number of allylic oxidation sites excluding steroid dienone is 2. The highest BCUT2D eigenvalue weighted by atomic mass is 15.6. The van der Waals surface area contributed by atoms with E-state index < -0.39 is 0 Å². The Morgan fingerprint density at radius 3 is 2.80 bits per heavy atom. The number of hydrazine groups is 1. The van der Waals surface area contributed by atoms with Crippen LogP contribution in [0, 0.1) is 5.41 Å².